The molecule has 0 fully saturated rings. The lowest BCUT2D eigenvalue weighted by Gasteiger charge is -2.09. The molecule has 0 aliphatic rings. The second-order valence-corrected chi connectivity index (χ2v) is 3.43. The van der Waals surface area contributed by atoms with Crippen molar-refractivity contribution >= 4 is 17.6 Å². The second-order valence-electron chi connectivity index (χ2n) is 3.43. The van der Waals surface area contributed by atoms with E-state index in [-0.39, 0.29) is 11.9 Å². The van der Waals surface area contributed by atoms with Crippen molar-refractivity contribution in [2.24, 2.45) is 10.7 Å². The highest BCUT2D eigenvalue weighted by Crippen LogP contribution is 2.04. The Hall–Kier alpha value is -2.04. The molecule has 5 heteroatoms. The predicted octanol–water partition coefficient (Wildman–Crippen LogP) is 1.36. The van der Waals surface area contributed by atoms with Gasteiger partial charge in [-0.1, -0.05) is 18.2 Å². The van der Waals surface area contributed by atoms with Crippen LogP contribution in [0.25, 0.3) is 0 Å². The molecule has 0 aliphatic heterocycles. The topological polar surface area (TPSA) is 76.7 Å². The number of nitrogens with zero attached hydrogens (tertiary/aromatic N) is 1. The molecule has 17 heavy (non-hydrogen) atoms. The summed E-state index contributed by atoms with van der Waals surface area (Å²) in [5.41, 5.74) is 6.50. The molecule has 0 amide bonds. The highest BCUT2D eigenvalue weighted by Gasteiger charge is 2.12. The molecule has 1 aromatic carbocycles. The summed E-state index contributed by atoms with van der Waals surface area (Å²) in [5, 5.41) is 2.89. The normalized spacial score (nSPS) is 12.9. The van der Waals surface area contributed by atoms with Gasteiger partial charge >= 0.3 is 5.97 Å². The van der Waals surface area contributed by atoms with E-state index in [0.29, 0.717) is 6.61 Å². The number of hydrogen-bond donors (Lipinski definition) is 2. The van der Waals surface area contributed by atoms with E-state index < -0.39 is 6.04 Å². The number of rotatable bonds is 4. The quantitative estimate of drug-likeness (QED) is 0.469. The third-order valence-corrected chi connectivity index (χ3v) is 2.01. The molecule has 0 radical (unpaired) electrons. The minimum absolute atomic E-state index is 0.191. The fourth-order valence-corrected chi connectivity index (χ4v) is 1.23. The SMILES string of the molecule is CCOC(=O)C(C)N=C(N)Nc1ccccc1. The molecule has 0 heterocycles. The number of aliphatic imine (C=N–C) groups is 1. The Morgan fingerprint density at radius 2 is 2.12 bits per heavy atom. The van der Waals surface area contributed by atoms with Gasteiger partial charge in [-0.3, -0.25) is 0 Å². The van der Waals surface area contributed by atoms with Crippen LogP contribution in [-0.2, 0) is 9.53 Å². The summed E-state index contributed by atoms with van der Waals surface area (Å²) in [6.07, 6.45) is 0. The molecule has 1 atom stereocenters. The third kappa shape index (κ3) is 4.55. The van der Waals surface area contributed by atoms with Crippen LogP contribution in [0.2, 0.25) is 0 Å². The van der Waals surface area contributed by atoms with Gasteiger partial charge in [-0.05, 0) is 26.0 Å². The number of carbonyl (C=O) groups is 1. The zero-order chi connectivity index (χ0) is 12.7. The van der Waals surface area contributed by atoms with Gasteiger partial charge in [0.15, 0.2) is 5.96 Å². The monoisotopic (exact) mass is 235 g/mol. The summed E-state index contributed by atoms with van der Waals surface area (Å²) in [5.74, 6) is -0.193. The molecule has 1 aromatic rings. The van der Waals surface area contributed by atoms with Crippen molar-refractivity contribution in [3.8, 4) is 0 Å². The zero-order valence-corrected chi connectivity index (χ0v) is 10.0. The average molecular weight is 235 g/mol. The first kappa shape index (κ1) is 13.0. The first-order chi connectivity index (χ1) is 8.13. The molecular formula is C12H17N3O2. The van der Waals surface area contributed by atoms with Crippen LogP contribution in [-0.4, -0.2) is 24.6 Å². The summed E-state index contributed by atoms with van der Waals surface area (Å²) >= 11 is 0. The van der Waals surface area contributed by atoms with Crippen LogP contribution in [0.1, 0.15) is 13.8 Å². The Bertz CT molecular complexity index is 390. The lowest BCUT2D eigenvalue weighted by Crippen LogP contribution is -2.28. The molecule has 0 bridgehead atoms. The molecule has 0 saturated carbocycles. The smallest absolute Gasteiger partial charge is 0.330 e. The summed E-state index contributed by atoms with van der Waals surface area (Å²) < 4.78 is 4.83. The summed E-state index contributed by atoms with van der Waals surface area (Å²) in [6.45, 7) is 3.72. The zero-order valence-electron chi connectivity index (χ0n) is 10.0. The van der Waals surface area contributed by atoms with Crippen LogP contribution < -0.4 is 11.1 Å². The first-order valence-corrected chi connectivity index (χ1v) is 5.45. The van der Waals surface area contributed by atoms with E-state index >= 15 is 0 Å². The average Bonchev–Trinajstić information content (AvgIpc) is 2.30. The number of anilines is 1. The van der Waals surface area contributed by atoms with Crippen LogP contribution >= 0.6 is 0 Å². The first-order valence-electron chi connectivity index (χ1n) is 5.45. The second kappa shape index (κ2) is 6.52. The van der Waals surface area contributed by atoms with Gasteiger partial charge in [-0.15, -0.1) is 0 Å². The van der Waals surface area contributed by atoms with Crippen LogP contribution in [0.5, 0.6) is 0 Å². The van der Waals surface area contributed by atoms with E-state index in [0.717, 1.165) is 5.69 Å². The maximum absolute atomic E-state index is 11.3. The van der Waals surface area contributed by atoms with Crippen molar-refractivity contribution in [3.05, 3.63) is 30.3 Å². The lowest BCUT2D eigenvalue weighted by molar-refractivity contribution is -0.144. The van der Waals surface area contributed by atoms with Crippen molar-refractivity contribution in [1.82, 2.24) is 0 Å². The molecule has 0 aromatic heterocycles. The van der Waals surface area contributed by atoms with Gasteiger partial charge in [0.05, 0.1) is 6.61 Å². The number of guanidine groups is 1. The maximum Gasteiger partial charge on any atom is 0.330 e. The fraction of sp³-hybridized carbons (Fsp3) is 0.333. The molecule has 0 saturated heterocycles. The lowest BCUT2D eigenvalue weighted by atomic mass is 10.3. The molecule has 5 nitrogen and oxygen atoms in total. The van der Waals surface area contributed by atoms with Gasteiger partial charge in [-0.25, -0.2) is 9.79 Å². The molecule has 1 rings (SSSR count). The Morgan fingerprint density at radius 1 is 1.47 bits per heavy atom. The van der Waals surface area contributed by atoms with Crippen molar-refractivity contribution in [3.63, 3.8) is 0 Å². The summed E-state index contributed by atoms with van der Waals surface area (Å²) in [6, 6.07) is 8.77. The summed E-state index contributed by atoms with van der Waals surface area (Å²) in [7, 11) is 0. The largest absolute Gasteiger partial charge is 0.464 e. The van der Waals surface area contributed by atoms with Crippen LogP contribution in [0, 0.1) is 0 Å². The highest BCUT2D eigenvalue weighted by molar-refractivity contribution is 5.93. The van der Waals surface area contributed by atoms with Crippen LogP contribution in [0.3, 0.4) is 0 Å². The number of nitrogens with one attached hydrogen (secondary N) is 1. The van der Waals surface area contributed by atoms with E-state index in [1.807, 2.05) is 30.3 Å². The molecule has 0 spiro atoms. The minimum atomic E-state index is -0.605. The third-order valence-electron chi connectivity index (χ3n) is 2.01. The van der Waals surface area contributed by atoms with Crippen molar-refractivity contribution in [2.45, 2.75) is 19.9 Å². The van der Waals surface area contributed by atoms with E-state index in [1.165, 1.54) is 0 Å². The number of nitrogens with two attached hydrogens (primary N) is 1. The van der Waals surface area contributed by atoms with Crippen LogP contribution in [0.15, 0.2) is 35.3 Å². The minimum Gasteiger partial charge on any atom is -0.464 e. The van der Waals surface area contributed by atoms with Crippen molar-refractivity contribution in [1.29, 1.82) is 0 Å². The van der Waals surface area contributed by atoms with Gasteiger partial charge in [-0.2, -0.15) is 0 Å². The Balaban J connectivity index is 2.57. The molecule has 3 N–H and O–H groups in total. The number of para-hydroxylation sites is 1. The Morgan fingerprint density at radius 3 is 2.71 bits per heavy atom. The van der Waals surface area contributed by atoms with Gasteiger partial charge in [0.2, 0.25) is 0 Å². The van der Waals surface area contributed by atoms with E-state index in [1.54, 1.807) is 13.8 Å². The number of carbonyl (C=O) groups excluding carboxylic acids is 1. The van der Waals surface area contributed by atoms with E-state index in [4.69, 9.17) is 10.5 Å². The van der Waals surface area contributed by atoms with Crippen molar-refractivity contribution < 1.29 is 9.53 Å². The molecule has 92 valence electrons. The standard InChI is InChI=1S/C12H17N3O2/c1-3-17-11(16)9(2)14-12(13)15-10-7-5-4-6-8-10/h4-9H,3H2,1-2H3,(H3,13,14,15). The molecule has 0 aliphatic carbocycles. The molecule has 1 unspecified atom stereocenters. The number of hydrogen-bond acceptors (Lipinski definition) is 3. The Kier molecular flexibility index (Phi) is 5.00. The number of esters is 1. The number of ether oxygens (including phenoxy) is 1. The maximum atomic E-state index is 11.3. The predicted molar refractivity (Wildman–Crippen MR) is 67.8 cm³/mol. The van der Waals surface area contributed by atoms with E-state index in [9.17, 15) is 4.79 Å². The summed E-state index contributed by atoms with van der Waals surface area (Å²) in [4.78, 5) is 15.3. The van der Waals surface area contributed by atoms with Crippen LogP contribution in [0.4, 0.5) is 5.69 Å². The number of benzene rings is 1. The van der Waals surface area contributed by atoms with Crippen molar-refractivity contribution in [2.75, 3.05) is 11.9 Å². The highest BCUT2D eigenvalue weighted by atomic mass is 16.5. The Labute approximate surface area is 101 Å². The van der Waals surface area contributed by atoms with Gasteiger partial charge in [0.25, 0.3) is 0 Å². The molecular weight excluding hydrogens is 218 g/mol. The van der Waals surface area contributed by atoms with Gasteiger partial charge in [0, 0.05) is 5.69 Å². The van der Waals surface area contributed by atoms with E-state index in [2.05, 4.69) is 10.3 Å². The fourth-order valence-electron chi connectivity index (χ4n) is 1.23. The van der Waals surface area contributed by atoms with Gasteiger partial charge < -0.3 is 15.8 Å². The van der Waals surface area contributed by atoms with Gasteiger partial charge in [0.1, 0.15) is 6.04 Å².